The van der Waals surface area contributed by atoms with Crippen molar-refractivity contribution in [2.45, 2.75) is 26.5 Å². The van der Waals surface area contributed by atoms with Gasteiger partial charge in [-0.3, -0.25) is 14.2 Å². The molecule has 1 unspecified atom stereocenters. The van der Waals surface area contributed by atoms with E-state index in [1.807, 2.05) is 42.6 Å². The highest BCUT2D eigenvalue weighted by Gasteiger charge is 2.33. The maximum absolute atomic E-state index is 14.2. The molecule has 13 heteroatoms. The third-order valence-corrected chi connectivity index (χ3v) is 9.43. The van der Waals surface area contributed by atoms with E-state index in [4.69, 9.17) is 9.47 Å². The Hall–Kier alpha value is -5.01. The first-order chi connectivity index (χ1) is 22.6. The average Bonchev–Trinajstić information content (AvgIpc) is 3.69. The SMILES string of the molecule is COc1ccc(C=c2sc3n(c2=O)C(c2cccs2)C(C(=O)Nc2ccccc2C)=C(C)N=3)cc1COc1c(F)c(F)cc(F)c1F. The molecule has 3 aromatic carbocycles. The quantitative estimate of drug-likeness (QED) is 0.152. The molecule has 7 nitrogen and oxygen atoms in total. The predicted molar refractivity (Wildman–Crippen MR) is 171 cm³/mol. The second-order valence-electron chi connectivity index (χ2n) is 10.5. The van der Waals surface area contributed by atoms with Crippen LogP contribution in [0.15, 0.2) is 87.1 Å². The van der Waals surface area contributed by atoms with Crippen molar-refractivity contribution >= 4 is 40.3 Å². The van der Waals surface area contributed by atoms with Crippen molar-refractivity contribution in [3.8, 4) is 11.5 Å². The van der Waals surface area contributed by atoms with Crippen LogP contribution in [0.1, 0.15) is 34.5 Å². The van der Waals surface area contributed by atoms with Gasteiger partial charge in [0.15, 0.2) is 22.2 Å². The summed E-state index contributed by atoms with van der Waals surface area (Å²) in [5.41, 5.74) is 2.75. The number of anilines is 1. The molecule has 1 N–H and O–H groups in total. The number of nitrogens with zero attached hydrogens (tertiary/aromatic N) is 2. The molecule has 3 heterocycles. The number of methoxy groups -OCH3 is 1. The van der Waals surface area contributed by atoms with Gasteiger partial charge in [-0.2, -0.15) is 8.78 Å². The Morgan fingerprint density at radius 2 is 1.77 bits per heavy atom. The molecule has 2 aromatic heterocycles. The highest BCUT2D eigenvalue weighted by molar-refractivity contribution is 7.10. The molecule has 5 aromatic rings. The molecular weight excluding hydrogens is 655 g/mol. The molecule has 0 spiro atoms. The molecule has 1 aliphatic heterocycles. The number of thiophene rings is 1. The minimum atomic E-state index is -1.66. The van der Waals surface area contributed by atoms with E-state index in [-0.39, 0.29) is 23.3 Å². The van der Waals surface area contributed by atoms with E-state index < -0.39 is 41.7 Å². The summed E-state index contributed by atoms with van der Waals surface area (Å²) in [5, 5.41) is 4.84. The molecule has 0 saturated carbocycles. The van der Waals surface area contributed by atoms with E-state index in [0.717, 1.165) is 21.8 Å². The lowest BCUT2D eigenvalue weighted by atomic mass is 10.0. The van der Waals surface area contributed by atoms with Gasteiger partial charge in [0.05, 0.1) is 22.9 Å². The van der Waals surface area contributed by atoms with Crippen molar-refractivity contribution in [1.29, 1.82) is 0 Å². The zero-order chi connectivity index (χ0) is 33.4. The fraction of sp³-hybridized carbons (Fsp3) is 0.147. The van der Waals surface area contributed by atoms with E-state index in [9.17, 15) is 27.2 Å². The molecule has 0 bridgehead atoms. The minimum Gasteiger partial charge on any atom is -0.496 e. The lowest BCUT2D eigenvalue weighted by Crippen LogP contribution is -2.40. The maximum atomic E-state index is 14.2. The average molecular weight is 680 g/mol. The van der Waals surface area contributed by atoms with Crippen LogP contribution in [-0.4, -0.2) is 17.6 Å². The summed E-state index contributed by atoms with van der Waals surface area (Å²) in [7, 11) is 1.37. The number of rotatable bonds is 8. The Kier molecular flexibility index (Phi) is 8.84. The van der Waals surface area contributed by atoms with Crippen LogP contribution in [0, 0.1) is 30.2 Å². The normalized spacial score (nSPS) is 14.5. The van der Waals surface area contributed by atoms with E-state index in [1.165, 1.54) is 23.0 Å². The smallest absolute Gasteiger partial charge is 0.271 e. The fourth-order valence-electron chi connectivity index (χ4n) is 5.21. The number of fused-ring (bicyclic) bond motifs is 1. The van der Waals surface area contributed by atoms with E-state index in [1.54, 1.807) is 37.3 Å². The molecule has 47 heavy (non-hydrogen) atoms. The van der Waals surface area contributed by atoms with Crippen LogP contribution >= 0.6 is 22.7 Å². The third-order valence-electron chi connectivity index (χ3n) is 7.52. The van der Waals surface area contributed by atoms with Crippen LogP contribution in [-0.2, 0) is 11.4 Å². The number of allylic oxidation sites excluding steroid dienone is 1. The van der Waals surface area contributed by atoms with Gasteiger partial charge >= 0.3 is 0 Å². The number of hydrogen-bond acceptors (Lipinski definition) is 7. The number of aromatic nitrogens is 1. The molecule has 1 amide bonds. The Morgan fingerprint density at radius 1 is 1.02 bits per heavy atom. The Bertz CT molecular complexity index is 2220. The molecule has 0 aliphatic carbocycles. The van der Waals surface area contributed by atoms with Crippen molar-refractivity contribution < 1.29 is 31.8 Å². The molecule has 0 saturated heterocycles. The molecule has 1 atom stereocenters. The number of benzene rings is 3. The number of thiazole rings is 1. The van der Waals surface area contributed by atoms with Gasteiger partial charge in [-0.1, -0.05) is 41.7 Å². The number of nitrogens with one attached hydrogen (secondary N) is 1. The van der Waals surface area contributed by atoms with Gasteiger partial charge in [0.2, 0.25) is 11.6 Å². The van der Waals surface area contributed by atoms with Crippen molar-refractivity contribution in [3.05, 3.63) is 142 Å². The predicted octanol–water partition coefficient (Wildman–Crippen LogP) is 6.39. The third kappa shape index (κ3) is 6.11. The number of ether oxygens (including phenoxy) is 2. The summed E-state index contributed by atoms with van der Waals surface area (Å²) in [6, 6.07) is 15.2. The van der Waals surface area contributed by atoms with Gasteiger partial charge in [-0.15, -0.1) is 11.3 Å². The van der Waals surface area contributed by atoms with Crippen molar-refractivity contribution in [2.75, 3.05) is 12.4 Å². The van der Waals surface area contributed by atoms with Gasteiger partial charge in [0.25, 0.3) is 11.5 Å². The first-order valence-electron chi connectivity index (χ1n) is 14.1. The summed E-state index contributed by atoms with van der Waals surface area (Å²) in [6.45, 7) is 3.12. The first-order valence-corrected chi connectivity index (χ1v) is 15.8. The minimum absolute atomic E-state index is 0.0960. The number of amides is 1. The molecule has 0 fully saturated rings. The second-order valence-corrected chi connectivity index (χ2v) is 12.5. The van der Waals surface area contributed by atoms with Crippen molar-refractivity contribution in [2.24, 2.45) is 4.99 Å². The van der Waals surface area contributed by atoms with Gasteiger partial charge in [0, 0.05) is 22.2 Å². The summed E-state index contributed by atoms with van der Waals surface area (Å²) < 4.78 is 68.1. The molecule has 6 rings (SSSR count). The van der Waals surface area contributed by atoms with Gasteiger partial charge < -0.3 is 14.8 Å². The first kappa shape index (κ1) is 32.0. The summed E-state index contributed by atoms with van der Waals surface area (Å²) in [4.78, 5) is 33.6. The number of carbonyl (C=O) groups is 1. The Balaban J connectivity index is 1.38. The standard InChI is InChI=1S/C34H25F4N3O4S2/c1-17-7-4-5-8-23(17)40-32(42)27-18(2)39-34-41(30(27)25-9-6-12-46-25)33(43)26(47-34)14-19-10-11-24(44-3)20(13-19)16-45-31-28(37)21(35)15-22(36)29(31)38/h4-15,30H,16H2,1-3H3,(H,40,42). The highest BCUT2D eigenvalue weighted by atomic mass is 32.1. The second kappa shape index (κ2) is 13.0. The van der Waals surface area contributed by atoms with Crippen molar-refractivity contribution in [1.82, 2.24) is 4.57 Å². The van der Waals surface area contributed by atoms with Gasteiger partial charge in [0.1, 0.15) is 18.4 Å². The lowest BCUT2D eigenvalue weighted by Gasteiger charge is -2.24. The molecular formula is C34H25F4N3O4S2. The number of hydrogen-bond donors (Lipinski definition) is 1. The fourth-order valence-corrected chi connectivity index (χ4v) is 7.08. The number of carbonyl (C=O) groups excluding carboxylic acids is 1. The van der Waals surface area contributed by atoms with Crippen molar-refractivity contribution in [3.63, 3.8) is 0 Å². The largest absolute Gasteiger partial charge is 0.496 e. The summed E-state index contributed by atoms with van der Waals surface area (Å²) in [5.74, 6) is -7.82. The van der Waals surface area contributed by atoms with Crippen LogP contribution in [0.25, 0.3) is 6.08 Å². The molecule has 240 valence electrons. The maximum Gasteiger partial charge on any atom is 0.271 e. The lowest BCUT2D eigenvalue weighted by molar-refractivity contribution is -0.113. The molecule has 1 aliphatic rings. The van der Waals surface area contributed by atoms with Gasteiger partial charge in [-0.25, -0.2) is 13.8 Å². The van der Waals surface area contributed by atoms with Gasteiger partial charge in [-0.05, 0) is 60.7 Å². The monoisotopic (exact) mass is 679 g/mol. The topological polar surface area (TPSA) is 81.9 Å². The molecule has 0 radical (unpaired) electrons. The Labute approximate surface area is 273 Å². The van der Waals surface area contributed by atoms with Crippen LogP contribution < -0.4 is 29.7 Å². The zero-order valence-electron chi connectivity index (χ0n) is 25.1. The Morgan fingerprint density at radius 3 is 2.45 bits per heavy atom. The summed E-state index contributed by atoms with van der Waals surface area (Å²) >= 11 is 2.55. The number of aryl methyl sites for hydroxylation is 1. The number of halogens is 4. The van der Waals surface area contributed by atoms with E-state index in [0.29, 0.717) is 37.4 Å². The highest BCUT2D eigenvalue weighted by Crippen LogP contribution is 2.34. The zero-order valence-corrected chi connectivity index (χ0v) is 26.7. The van der Waals surface area contributed by atoms with Crippen LogP contribution in [0.4, 0.5) is 23.2 Å². The van der Waals surface area contributed by atoms with Crippen LogP contribution in [0.5, 0.6) is 11.5 Å². The summed E-state index contributed by atoms with van der Waals surface area (Å²) in [6.07, 6.45) is 1.60. The van der Waals surface area contributed by atoms with Crippen LogP contribution in [0.2, 0.25) is 0 Å². The van der Waals surface area contributed by atoms with E-state index >= 15 is 0 Å². The number of para-hydroxylation sites is 1. The van der Waals surface area contributed by atoms with E-state index in [2.05, 4.69) is 10.3 Å². The van der Waals surface area contributed by atoms with Crippen LogP contribution in [0.3, 0.4) is 0 Å².